The summed E-state index contributed by atoms with van der Waals surface area (Å²) in [4.78, 5) is 4.31. The Bertz CT molecular complexity index is 1050. The van der Waals surface area contributed by atoms with Gasteiger partial charge in [-0.2, -0.15) is 5.10 Å². The van der Waals surface area contributed by atoms with E-state index in [4.69, 9.17) is 4.74 Å². The summed E-state index contributed by atoms with van der Waals surface area (Å²) in [5, 5.41) is 8.61. The van der Waals surface area contributed by atoms with Crippen molar-refractivity contribution in [2.45, 2.75) is 6.42 Å². The van der Waals surface area contributed by atoms with Crippen LogP contribution >= 0.6 is 0 Å². The van der Waals surface area contributed by atoms with E-state index in [1.54, 1.807) is 13.3 Å². The van der Waals surface area contributed by atoms with E-state index >= 15 is 0 Å². The van der Waals surface area contributed by atoms with Gasteiger partial charge in [-0.05, 0) is 66.1 Å². The Labute approximate surface area is 152 Å². The summed E-state index contributed by atoms with van der Waals surface area (Å²) >= 11 is 0. The number of nitrogens with zero attached hydrogens (tertiary/aromatic N) is 2. The first kappa shape index (κ1) is 16.1. The highest BCUT2D eigenvalue weighted by atomic mass is 16.5. The number of fused-ring (bicyclic) bond motifs is 1. The molecule has 2 heterocycles. The van der Waals surface area contributed by atoms with Gasteiger partial charge in [0.2, 0.25) is 0 Å². The minimum absolute atomic E-state index is 0.849. The normalized spacial score (nSPS) is 11.3. The smallest absolute Gasteiger partial charge is 0.119 e. The van der Waals surface area contributed by atoms with Crippen molar-refractivity contribution in [3.63, 3.8) is 0 Å². The molecule has 0 bridgehead atoms. The molecule has 4 nitrogen and oxygen atoms in total. The third-order valence-electron chi connectivity index (χ3n) is 4.30. The van der Waals surface area contributed by atoms with E-state index in [1.165, 1.54) is 11.1 Å². The van der Waals surface area contributed by atoms with Crippen LogP contribution in [-0.4, -0.2) is 22.3 Å². The third-order valence-corrected chi connectivity index (χ3v) is 4.30. The zero-order valence-electron chi connectivity index (χ0n) is 14.5. The van der Waals surface area contributed by atoms with Gasteiger partial charge in [0, 0.05) is 11.6 Å². The van der Waals surface area contributed by atoms with Crippen LogP contribution in [0.25, 0.3) is 23.1 Å². The van der Waals surface area contributed by atoms with Crippen molar-refractivity contribution in [1.82, 2.24) is 15.2 Å². The van der Waals surface area contributed by atoms with Crippen molar-refractivity contribution >= 4 is 23.1 Å². The van der Waals surface area contributed by atoms with Gasteiger partial charge in [-0.25, -0.2) is 0 Å². The number of hydrogen-bond acceptors (Lipinski definition) is 3. The average Bonchev–Trinajstić information content (AvgIpc) is 3.09. The van der Waals surface area contributed by atoms with Crippen LogP contribution in [0.2, 0.25) is 0 Å². The van der Waals surface area contributed by atoms with Crippen molar-refractivity contribution in [3.8, 4) is 5.75 Å². The van der Waals surface area contributed by atoms with Gasteiger partial charge in [-0.3, -0.25) is 10.1 Å². The number of nitrogens with one attached hydrogen (secondary N) is 1. The molecule has 0 aliphatic heterocycles. The first-order valence-corrected chi connectivity index (χ1v) is 8.51. The van der Waals surface area contributed by atoms with Gasteiger partial charge in [0.15, 0.2) is 0 Å². The highest BCUT2D eigenvalue weighted by Crippen LogP contribution is 2.22. The molecule has 128 valence electrons. The molecule has 0 aliphatic carbocycles. The van der Waals surface area contributed by atoms with E-state index in [-0.39, 0.29) is 0 Å². The molecule has 0 atom stereocenters. The lowest BCUT2D eigenvalue weighted by Crippen LogP contribution is -1.90. The topological polar surface area (TPSA) is 50.8 Å². The fourth-order valence-corrected chi connectivity index (χ4v) is 2.98. The summed E-state index contributed by atoms with van der Waals surface area (Å²) in [6, 6.07) is 20.4. The Balaban J connectivity index is 1.63. The van der Waals surface area contributed by atoms with Crippen molar-refractivity contribution in [1.29, 1.82) is 0 Å². The molecule has 4 aromatic rings. The minimum Gasteiger partial charge on any atom is -0.497 e. The second kappa shape index (κ2) is 7.23. The SMILES string of the molecule is COc1cccc(Cc2ccc3n[nH]c(C=Cc4ccccn4)c3c2)c1. The molecule has 0 radical (unpaired) electrons. The van der Waals surface area contributed by atoms with Crippen LogP contribution in [-0.2, 0) is 6.42 Å². The largest absolute Gasteiger partial charge is 0.497 e. The average molecular weight is 341 g/mol. The maximum atomic E-state index is 5.31. The number of rotatable bonds is 5. The van der Waals surface area contributed by atoms with Gasteiger partial charge in [0.1, 0.15) is 5.75 Å². The standard InChI is InChI=1S/C22H19N3O/c1-26-19-7-4-5-16(14-19)13-17-8-10-21-20(15-17)22(25-24-21)11-9-18-6-2-3-12-23-18/h2-12,14-15H,13H2,1H3,(H,24,25). The number of aromatic amines is 1. The predicted octanol–water partition coefficient (Wildman–Crippen LogP) is 4.73. The van der Waals surface area contributed by atoms with E-state index in [1.807, 2.05) is 42.5 Å². The third kappa shape index (κ3) is 3.49. The Hall–Kier alpha value is -3.40. The van der Waals surface area contributed by atoms with E-state index in [2.05, 4.69) is 45.5 Å². The molecule has 0 fully saturated rings. The van der Waals surface area contributed by atoms with Gasteiger partial charge in [-0.1, -0.05) is 24.3 Å². The van der Waals surface area contributed by atoms with E-state index < -0.39 is 0 Å². The number of hydrogen-bond donors (Lipinski definition) is 1. The van der Waals surface area contributed by atoms with E-state index in [0.717, 1.165) is 34.5 Å². The van der Waals surface area contributed by atoms with E-state index in [9.17, 15) is 0 Å². The molecule has 0 amide bonds. The van der Waals surface area contributed by atoms with Crippen LogP contribution < -0.4 is 4.74 Å². The molecule has 2 aromatic carbocycles. The zero-order chi connectivity index (χ0) is 17.8. The van der Waals surface area contributed by atoms with Crippen LogP contribution in [0.3, 0.4) is 0 Å². The monoisotopic (exact) mass is 341 g/mol. The van der Waals surface area contributed by atoms with Crippen molar-refractivity contribution in [2.24, 2.45) is 0 Å². The fourth-order valence-electron chi connectivity index (χ4n) is 2.98. The Kier molecular flexibility index (Phi) is 4.48. The fraction of sp³-hybridized carbons (Fsp3) is 0.0909. The first-order chi connectivity index (χ1) is 12.8. The molecule has 0 saturated heterocycles. The Morgan fingerprint density at radius 3 is 2.73 bits per heavy atom. The molecule has 0 aliphatic rings. The zero-order valence-corrected chi connectivity index (χ0v) is 14.5. The number of pyridine rings is 1. The van der Waals surface area contributed by atoms with Crippen LogP contribution in [0.15, 0.2) is 66.9 Å². The second-order valence-corrected chi connectivity index (χ2v) is 6.11. The van der Waals surface area contributed by atoms with Crippen molar-refractivity contribution in [3.05, 3.63) is 89.4 Å². The first-order valence-electron chi connectivity index (χ1n) is 8.51. The van der Waals surface area contributed by atoms with Gasteiger partial charge in [-0.15, -0.1) is 0 Å². The molecule has 4 rings (SSSR count). The highest BCUT2D eigenvalue weighted by molar-refractivity contribution is 5.89. The lowest BCUT2D eigenvalue weighted by molar-refractivity contribution is 0.414. The maximum Gasteiger partial charge on any atom is 0.119 e. The Morgan fingerprint density at radius 2 is 1.88 bits per heavy atom. The summed E-state index contributed by atoms with van der Waals surface area (Å²) < 4.78 is 5.31. The number of benzene rings is 2. The summed E-state index contributed by atoms with van der Waals surface area (Å²) in [7, 11) is 1.69. The quantitative estimate of drug-likeness (QED) is 0.571. The van der Waals surface area contributed by atoms with Crippen molar-refractivity contribution in [2.75, 3.05) is 7.11 Å². The lowest BCUT2D eigenvalue weighted by atomic mass is 10.0. The number of H-pyrrole nitrogens is 1. The van der Waals surface area contributed by atoms with Gasteiger partial charge < -0.3 is 4.74 Å². The summed E-state index contributed by atoms with van der Waals surface area (Å²) in [5.74, 6) is 0.880. The molecule has 0 spiro atoms. The molecule has 0 saturated carbocycles. The van der Waals surface area contributed by atoms with Gasteiger partial charge in [0.25, 0.3) is 0 Å². The van der Waals surface area contributed by atoms with Crippen LogP contribution in [0.4, 0.5) is 0 Å². The molecular formula is C22H19N3O. The van der Waals surface area contributed by atoms with Crippen LogP contribution in [0, 0.1) is 0 Å². The number of methoxy groups -OCH3 is 1. The summed E-state index contributed by atoms with van der Waals surface area (Å²) in [6.07, 6.45) is 6.65. The maximum absolute atomic E-state index is 5.31. The number of ether oxygens (including phenoxy) is 1. The van der Waals surface area contributed by atoms with Crippen molar-refractivity contribution < 1.29 is 4.74 Å². The minimum atomic E-state index is 0.849. The lowest BCUT2D eigenvalue weighted by Gasteiger charge is -2.05. The van der Waals surface area contributed by atoms with E-state index in [0.29, 0.717) is 0 Å². The molecule has 4 heteroatoms. The molecule has 1 N–H and O–H groups in total. The Morgan fingerprint density at radius 1 is 0.962 bits per heavy atom. The molecule has 26 heavy (non-hydrogen) atoms. The molecular weight excluding hydrogens is 322 g/mol. The van der Waals surface area contributed by atoms with Gasteiger partial charge in [0.05, 0.1) is 24.0 Å². The summed E-state index contributed by atoms with van der Waals surface area (Å²) in [5.41, 5.74) is 5.32. The predicted molar refractivity (Wildman–Crippen MR) is 105 cm³/mol. The highest BCUT2D eigenvalue weighted by Gasteiger charge is 2.05. The van der Waals surface area contributed by atoms with Crippen LogP contribution in [0.5, 0.6) is 5.75 Å². The number of aromatic nitrogens is 3. The second-order valence-electron chi connectivity index (χ2n) is 6.11. The summed E-state index contributed by atoms with van der Waals surface area (Å²) in [6.45, 7) is 0. The van der Waals surface area contributed by atoms with Gasteiger partial charge >= 0.3 is 0 Å². The van der Waals surface area contributed by atoms with Crippen LogP contribution in [0.1, 0.15) is 22.5 Å². The molecule has 0 unspecified atom stereocenters. The molecule has 2 aromatic heterocycles.